The van der Waals surface area contributed by atoms with E-state index in [-0.39, 0.29) is 23.1 Å². The molecule has 1 heterocycles. The molecule has 2 amide bonds. The zero-order chi connectivity index (χ0) is 18.1. The Hall–Kier alpha value is -2.27. The smallest absolute Gasteiger partial charge is 0.238 e. The molecule has 1 N–H and O–H groups in total. The Labute approximate surface area is 158 Å². The van der Waals surface area contributed by atoms with Gasteiger partial charge in [-0.3, -0.25) is 14.5 Å². The van der Waals surface area contributed by atoms with Crippen molar-refractivity contribution in [2.75, 3.05) is 16.0 Å². The molecule has 0 bridgehead atoms. The van der Waals surface area contributed by atoms with Gasteiger partial charge in [-0.25, -0.2) is 0 Å². The van der Waals surface area contributed by atoms with Gasteiger partial charge in [0.05, 0.1) is 5.75 Å². The van der Waals surface area contributed by atoms with Gasteiger partial charge >= 0.3 is 0 Å². The lowest BCUT2D eigenvalue weighted by molar-refractivity contribution is -0.122. The number of hydrogen-bond acceptors (Lipinski definition) is 3. The van der Waals surface area contributed by atoms with Gasteiger partial charge in [0.25, 0.3) is 0 Å². The van der Waals surface area contributed by atoms with Gasteiger partial charge in [0.1, 0.15) is 5.37 Å². The van der Waals surface area contributed by atoms with Crippen LogP contribution >= 0.6 is 11.8 Å². The minimum Gasteiger partial charge on any atom is -0.326 e. The first-order valence-electron chi connectivity index (χ1n) is 9.03. The predicted octanol–water partition coefficient (Wildman–Crippen LogP) is 4.51. The molecule has 1 saturated carbocycles. The summed E-state index contributed by atoms with van der Waals surface area (Å²) in [6.45, 7) is 2.03. The largest absolute Gasteiger partial charge is 0.326 e. The number of nitrogens with one attached hydrogen (secondary N) is 1. The van der Waals surface area contributed by atoms with Gasteiger partial charge in [-0.05, 0) is 55.2 Å². The minimum atomic E-state index is -0.0271. The summed E-state index contributed by atoms with van der Waals surface area (Å²) < 4.78 is 0. The number of nitrogens with zero attached hydrogens (tertiary/aromatic N) is 1. The summed E-state index contributed by atoms with van der Waals surface area (Å²) in [5.74, 6) is 0.914. The third-order valence-corrected chi connectivity index (χ3v) is 6.30. The molecule has 4 nitrogen and oxygen atoms in total. The molecule has 4 rings (SSSR count). The van der Waals surface area contributed by atoms with Crippen LogP contribution in [0, 0.1) is 12.8 Å². The number of amides is 2. The third kappa shape index (κ3) is 3.36. The first kappa shape index (κ1) is 17.2. The van der Waals surface area contributed by atoms with Gasteiger partial charge in [-0.2, -0.15) is 0 Å². The van der Waals surface area contributed by atoms with Crippen LogP contribution in [0.1, 0.15) is 35.8 Å². The van der Waals surface area contributed by atoms with Gasteiger partial charge in [0.2, 0.25) is 11.8 Å². The van der Waals surface area contributed by atoms with Crippen molar-refractivity contribution >= 4 is 35.0 Å². The van der Waals surface area contributed by atoms with Crippen molar-refractivity contribution in [3.63, 3.8) is 0 Å². The number of rotatable bonds is 4. The highest BCUT2D eigenvalue weighted by molar-refractivity contribution is 8.00. The summed E-state index contributed by atoms with van der Waals surface area (Å²) in [5.41, 5.74) is 3.97. The van der Waals surface area contributed by atoms with E-state index in [0.717, 1.165) is 41.8 Å². The number of aryl methyl sites for hydroxylation is 1. The molecule has 2 fully saturated rings. The predicted molar refractivity (Wildman–Crippen MR) is 106 cm³/mol. The standard InChI is InChI=1S/C21H22N2O2S/c1-14-4-2-7-18(12-14)23-19(24)13-26-21(23)16-8-10-17(11-9-16)22-20(25)15-5-3-6-15/h2,4,7-12,15,21H,3,5-6,13H2,1H3,(H,22,25). The Morgan fingerprint density at radius 1 is 1.15 bits per heavy atom. The fraction of sp³-hybridized carbons (Fsp3) is 0.333. The molecule has 1 aliphatic carbocycles. The molecule has 1 aliphatic heterocycles. The van der Waals surface area contributed by atoms with Gasteiger partial charge in [-0.15, -0.1) is 11.8 Å². The molecule has 1 atom stereocenters. The van der Waals surface area contributed by atoms with Crippen LogP contribution in [0.5, 0.6) is 0 Å². The van der Waals surface area contributed by atoms with E-state index in [9.17, 15) is 9.59 Å². The van der Waals surface area contributed by atoms with Crippen LogP contribution in [0.4, 0.5) is 11.4 Å². The molecule has 2 aliphatic rings. The van der Waals surface area contributed by atoms with Gasteiger partial charge < -0.3 is 5.32 Å². The lowest BCUT2D eigenvalue weighted by Gasteiger charge is -2.25. The fourth-order valence-corrected chi connectivity index (χ4v) is 4.55. The molecule has 1 unspecified atom stereocenters. The summed E-state index contributed by atoms with van der Waals surface area (Å²) in [6, 6.07) is 15.9. The van der Waals surface area contributed by atoms with E-state index in [1.165, 1.54) is 0 Å². The van der Waals surface area contributed by atoms with E-state index in [1.54, 1.807) is 11.8 Å². The molecular formula is C21H22N2O2S. The summed E-state index contributed by atoms with van der Waals surface area (Å²) in [4.78, 5) is 26.4. The molecule has 5 heteroatoms. The van der Waals surface area contributed by atoms with Crippen LogP contribution < -0.4 is 10.2 Å². The number of benzene rings is 2. The maximum atomic E-state index is 12.4. The SMILES string of the molecule is Cc1cccc(N2C(=O)CSC2c2ccc(NC(=O)C3CCC3)cc2)c1. The molecular weight excluding hydrogens is 344 g/mol. The summed E-state index contributed by atoms with van der Waals surface area (Å²) in [6.07, 6.45) is 3.14. The normalized spacial score (nSPS) is 20.1. The van der Waals surface area contributed by atoms with Crippen LogP contribution in [-0.2, 0) is 9.59 Å². The van der Waals surface area contributed by atoms with Crippen LogP contribution in [0.25, 0.3) is 0 Å². The van der Waals surface area contributed by atoms with E-state index in [0.29, 0.717) is 5.75 Å². The number of thioether (sulfide) groups is 1. The summed E-state index contributed by atoms with van der Waals surface area (Å²) in [7, 11) is 0. The topological polar surface area (TPSA) is 49.4 Å². The second kappa shape index (κ2) is 7.16. The van der Waals surface area contributed by atoms with E-state index in [4.69, 9.17) is 0 Å². The Bertz CT molecular complexity index is 830. The average Bonchev–Trinajstić information content (AvgIpc) is 2.95. The van der Waals surface area contributed by atoms with E-state index >= 15 is 0 Å². The van der Waals surface area contributed by atoms with Gasteiger partial charge in [0.15, 0.2) is 0 Å². The zero-order valence-electron chi connectivity index (χ0n) is 14.8. The van der Waals surface area contributed by atoms with Crippen molar-refractivity contribution in [2.45, 2.75) is 31.6 Å². The molecule has 0 spiro atoms. The molecule has 1 saturated heterocycles. The van der Waals surface area contributed by atoms with Gasteiger partial charge in [-0.1, -0.05) is 30.7 Å². The van der Waals surface area contributed by atoms with Crippen molar-refractivity contribution in [2.24, 2.45) is 5.92 Å². The maximum Gasteiger partial charge on any atom is 0.238 e. The number of carbonyl (C=O) groups excluding carboxylic acids is 2. The summed E-state index contributed by atoms with van der Waals surface area (Å²) in [5, 5.41) is 2.97. The molecule has 0 aromatic heterocycles. The third-order valence-electron chi connectivity index (χ3n) is 5.09. The molecule has 26 heavy (non-hydrogen) atoms. The highest BCUT2D eigenvalue weighted by atomic mass is 32.2. The Morgan fingerprint density at radius 2 is 1.92 bits per heavy atom. The summed E-state index contributed by atoms with van der Waals surface area (Å²) >= 11 is 1.64. The Balaban J connectivity index is 1.52. The highest BCUT2D eigenvalue weighted by Gasteiger charge is 2.34. The first-order chi connectivity index (χ1) is 12.6. The molecule has 0 radical (unpaired) electrons. The van der Waals surface area contributed by atoms with E-state index in [2.05, 4.69) is 5.32 Å². The number of hydrogen-bond donors (Lipinski definition) is 1. The maximum absolute atomic E-state index is 12.4. The second-order valence-corrected chi connectivity index (χ2v) is 8.07. The Kier molecular flexibility index (Phi) is 4.72. The minimum absolute atomic E-state index is 0.0271. The average molecular weight is 366 g/mol. The van der Waals surface area contributed by atoms with Crippen molar-refractivity contribution in [3.8, 4) is 0 Å². The molecule has 2 aromatic carbocycles. The molecule has 2 aromatic rings. The second-order valence-electron chi connectivity index (χ2n) is 7.01. The zero-order valence-corrected chi connectivity index (χ0v) is 15.6. The van der Waals surface area contributed by atoms with Crippen LogP contribution in [0.2, 0.25) is 0 Å². The Morgan fingerprint density at radius 3 is 2.58 bits per heavy atom. The first-order valence-corrected chi connectivity index (χ1v) is 10.1. The number of anilines is 2. The van der Waals surface area contributed by atoms with Crippen molar-refractivity contribution in [3.05, 3.63) is 59.7 Å². The van der Waals surface area contributed by atoms with Gasteiger partial charge in [0, 0.05) is 17.3 Å². The van der Waals surface area contributed by atoms with Crippen molar-refractivity contribution < 1.29 is 9.59 Å². The van der Waals surface area contributed by atoms with Crippen LogP contribution in [0.3, 0.4) is 0 Å². The van der Waals surface area contributed by atoms with E-state index in [1.807, 2.05) is 60.4 Å². The lowest BCUT2D eigenvalue weighted by Crippen LogP contribution is -2.28. The monoisotopic (exact) mass is 366 g/mol. The van der Waals surface area contributed by atoms with Crippen molar-refractivity contribution in [1.29, 1.82) is 0 Å². The fourth-order valence-electron chi connectivity index (χ4n) is 3.37. The lowest BCUT2D eigenvalue weighted by atomic mass is 9.85. The molecule has 134 valence electrons. The highest BCUT2D eigenvalue weighted by Crippen LogP contribution is 2.42. The quantitative estimate of drug-likeness (QED) is 0.866. The number of carbonyl (C=O) groups is 2. The van der Waals surface area contributed by atoms with Crippen LogP contribution in [-0.4, -0.2) is 17.6 Å². The van der Waals surface area contributed by atoms with Crippen molar-refractivity contribution in [1.82, 2.24) is 0 Å². The van der Waals surface area contributed by atoms with Crippen LogP contribution in [0.15, 0.2) is 48.5 Å². The van der Waals surface area contributed by atoms with E-state index < -0.39 is 0 Å².